The van der Waals surface area contributed by atoms with Crippen LogP contribution in [0.4, 0.5) is 5.82 Å². The quantitative estimate of drug-likeness (QED) is 0.572. The number of hydrogen-bond acceptors (Lipinski definition) is 4. The minimum absolute atomic E-state index is 0.115. The molecule has 0 aliphatic carbocycles. The summed E-state index contributed by atoms with van der Waals surface area (Å²) in [5.74, 6) is 0.458. The summed E-state index contributed by atoms with van der Waals surface area (Å²) in [6.45, 7) is 6.01. The predicted molar refractivity (Wildman–Crippen MR) is 105 cm³/mol. The molecule has 2 heterocycles. The number of pyridine rings is 1. The highest BCUT2D eigenvalue weighted by atomic mass is 35.5. The Morgan fingerprint density at radius 1 is 1.28 bits per heavy atom. The first-order valence-corrected chi connectivity index (χ1v) is 8.87. The number of aryl methyl sites for hydroxylation is 1. The molecule has 1 fully saturated rings. The van der Waals surface area contributed by atoms with Crippen LogP contribution in [0.15, 0.2) is 65.0 Å². The molecule has 1 aromatic carbocycles. The Bertz CT molecular complexity index is 892. The molecule has 4 nitrogen and oxygen atoms in total. The summed E-state index contributed by atoms with van der Waals surface area (Å²) in [4.78, 5) is 23.8. The summed E-state index contributed by atoms with van der Waals surface area (Å²) >= 11 is 7.51. The zero-order valence-electron chi connectivity index (χ0n) is 13.6. The second-order valence-corrected chi connectivity index (χ2v) is 6.78. The van der Waals surface area contributed by atoms with Crippen LogP contribution in [0.5, 0.6) is 0 Å². The minimum Gasteiger partial charge on any atom is -0.282 e. The van der Waals surface area contributed by atoms with Crippen LogP contribution in [0.2, 0.25) is 5.02 Å². The Morgan fingerprint density at radius 3 is 2.80 bits per heavy atom. The Morgan fingerprint density at radius 2 is 2.08 bits per heavy atom. The van der Waals surface area contributed by atoms with Gasteiger partial charge in [-0.15, -0.1) is 6.58 Å². The molecular weight excluding hydrogens is 354 g/mol. The van der Waals surface area contributed by atoms with Crippen molar-refractivity contribution in [3.8, 4) is 0 Å². The molecule has 25 heavy (non-hydrogen) atoms. The molecule has 1 amide bonds. The highest BCUT2D eigenvalue weighted by Gasteiger charge is 2.32. The maximum absolute atomic E-state index is 12.7. The molecule has 1 saturated heterocycles. The van der Waals surface area contributed by atoms with E-state index in [2.05, 4.69) is 16.6 Å². The number of aromatic nitrogens is 1. The lowest BCUT2D eigenvalue weighted by molar-refractivity contribution is -0.121. The minimum atomic E-state index is -0.115. The van der Waals surface area contributed by atoms with Gasteiger partial charge in [0.2, 0.25) is 0 Å². The Labute approximate surface area is 155 Å². The van der Waals surface area contributed by atoms with Crippen molar-refractivity contribution < 1.29 is 4.79 Å². The Balaban J connectivity index is 1.98. The molecule has 0 radical (unpaired) electrons. The number of hydrogen-bond donors (Lipinski definition) is 0. The van der Waals surface area contributed by atoms with E-state index in [4.69, 9.17) is 11.6 Å². The maximum atomic E-state index is 12.7. The smallest absolute Gasteiger partial charge is 0.267 e. The Kier molecular flexibility index (Phi) is 5.36. The van der Waals surface area contributed by atoms with Crippen LogP contribution < -0.4 is 0 Å². The first-order valence-electron chi connectivity index (χ1n) is 7.67. The van der Waals surface area contributed by atoms with Crippen molar-refractivity contribution in [1.82, 2.24) is 9.88 Å². The third kappa shape index (κ3) is 4.00. The van der Waals surface area contributed by atoms with Crippen molar-refractivity contribution in [1.29, 1.82) is 0 Å². The van der Waals surface area contributed by atoms with E-state index in [1.807, 2.05) is 43.3 Å². The molecule has 0 atom stereocenters. The number of benzene rings is 1. The van der Waals surface area contributed by atoms with E-state index in [-0.39, 0.29) is 5.91 Å². The van der Waals surface area contributed by atoms with Crippen LogP contribution in [0, 0.1) is 6.92 Å². The number of nitrogens with zero attached hydrogens (tertiary/aromatic N) is 3. The van der Waals surface area contributed by atoms with Gasteiger partial charge in [0.05, 0.1) is 4.91 Å². The maximum Gasteiger partial charge on any atom is 0.267 e. The molecule has 0 bridgehead atoms. The number of amides is 1. The molecule has 126 valence electrons. The Hall–Kier alpha value is -2.37. The molecule has 6 heteroatoms. The lowest BCUT2D eigenvalue weighted by atomic mass is 10.2. The van der Waals surface area contributed by atoms with Crippen LogP contribution in [0.25, 0.3) is 6.08 Å². The molecule has 2 aromatic rings. The number of halogens is 1. The standard InChI is InChI=1S/C19H16ClN3OS/c1-3-11-23-18(24)16(12-14-8-4-5-9-15(14)20)25-19(23)22-17-10-6-7-13(2)21-17/h3-10,12H,1,11H2,2H3/b16-12-,22-19+. The summed E-state index contributed by atoms with van der Waals surface area (Å²) in [6, 6.07) is 13.0. The summed E-state index contributed by atoms with van der Waals surface area (Å²) < 4.78 is 0. The van der Waals surface area contributed by atoms with Crippen molar-refractivity contribution in [3.63, 3.8) is 0 Å². The van der Waals surface area contributed by atoms with Crippen molar-refractivity contribution >= 4 is 46.3 Å². The summed E-state index contributed by atoms with van der Waals surface area (Å²) in [7, 11) is 0. The third-order valence-corrected chi connectivity index (χ3v) is 4.83. The second kappa shape index (κ2) is 7.68. The fourth-order valence-electron chi connectivity index (χ4n) is 2.30. The summed E-state index contributed by atoms with van der Waals surface area (Å²) in [5, 5.41) is 1.19. The molecule has 1 aliphatic heterocycles. The van der Waals surface area contributed by atoms with E-state index in [1.165, 1.54) is 11.8 Å². The number of rotatable bonds is 4. The average Bonchev–Trinajstić information content (AvgIpc) is 2.86. The fourth-order valence-corrected chi connectivity index (χ4v) is 3.48. The number of amidine groups is 1. The van der Waals surface area contributed by atoms with Crippen LogP contribution in [-0.2, 0) is 4.79 Å². The van der Waals surface area contributed by atoms with Gasteiger partial charge < -0.3 is 0 Å². The monoisotopic (exact) mass is 369 g/mol. The first kappa shape index (κ1) is 17.5. The van der Waals surface area contributed by atoms with Gasteiger partial charge >= 0.3 is 0 Å². The van der Waals surface area contributed by atoms with E-state index < -0.39 is 0 Å². The molecule has 0 spiro atoms. The number of carbonyl (C=O) groups excluding carboxylic acids is 1. The van der Waals surface area contributed by atoms with Gasteiger partial charge in [0.1, 0.15) is 0 Å². The van der Waals surface area contributed by atoms with Crippen LogP contribution in [0.3, 0.4) is 0 Å². The van der Waals surface area contributed by atoms with Gasteiger partial charge in [-0.1, -0.05) is 41.9 Å². The number of carbonyl (C=O) groups is 1. The molecule has 0 saturated carbocycles. The van der Waals surface area contributed by atoms with Crippen LogP contribution in [-0.4, -0.2) is 27.5 Å². The van der Waals surface area contributed by atoms with Crippen molar-refractivity contribution in [2.75, 3.05) is 6.54 Å². The average molecular weight is 370 g/mol. The van der Waals surface area contributed by atoms with E-state index in [0.29, 0.717) is 27.5 Å². The lowest BCUT2D eigenvalue weighted by Crippen LogP contribution is -2.29. The van der Waals surface area contributed by atoms with E-state index in [0.717, 1.165) is 11.3 Å². The SMILES string of the molecule is C=CCN1C(=O)/C(=C/c2ccccc2Cl)S/C1=N/c1cccc(C)n1. The van der Waals surface area contributed by atoms with Crippen molar-refractivity contribution in [2.24, 2.45) is 4.99 Å². The van der Waals surface area contributed by atoms with E-state index in [9.17, 15) is 4.79 Å². The molecule has 0 N–H and O–H groups in total. The molecule has 0 unspecified atom stereocenters. The molecule has 1 aromatic heterocycles. The summed E-state index contributed by atoms with van der Waals surface area (Å²) in [5.41, 5.74) is 1.67. The summed E-state index contributed by atoms with van der Waals surface area (Å²) in [6.07, 6.45) is 3.47. The van der Waals surface area contributed by atoms with Gasteiger partial charge in [0.25, 0.3) is 5.91 Å². The normalized spacial score (nSPS) is 17.5. The lowest BCUT2D eigenvalue weighted by Gasteiger charge is -2.12. The predicted octanol–water partition coefficient (Wildman–Crippen LogP) is 4.83. The second-order valence-electron chi connectivity index (χ2n) is 5.37. The van der Waals surface area contributed by atoms with Gasteiger partial charge in [-0.05, 0) is 48.5 Å². The van der Waals surface area contributed by atoms with E-state index >= 15 is 0 Å². The number of aliphatic imine (C=N–C) groups is 1. The van der Waals surface area contributed by atoms with Gasteiger partial charge in [0, 0.05) is 17.3 Å². The van der Waals surface area contributed by atoms with Gasteiger partial charge in [-0.3, -0.25) is 9.69 Å². The fraction of sp³-hybridized carbons (Fsp3) is 0.105. The first-order chi connectivity index (χ1) is 12.1. The van der Waals surface area contributed by atoms with Crippen LogP contribution >= 0.6 is 23.4 Å². The topological polar surface area (TPSA) is 45.6 Å². The van der Waals surface area contributed by atoms with E-state index in [1.54, 1.807) is 23.1 Å². The molecule has 3 rings (SSSR count). The third-order valence-electron chi connectivity index (χ3n) is 3.48. The zero-order chi connectivity index (χ0) is 17.8. The highest BCUT2D eigenvalue weighted by molar-refractivity contribution is 8.18. The largest absolute Gasteiger partial charge is 0.282 e. The molecular formula is C19H16ClN3OS. The van der Waals surface area contributed by atoms with Gasteiger partial charge in [0.15, 0.2) is 11.0 Å². The molecule has 1 aliphatic rings. The van der Waals surface area contributed by atoms with Crippen molar-refractivity contribution in [2.45, 2.75) is 6.92 Å². The van der Waals surface area contributed by atoms with Crippen molar-refractivity contribution in [3.05, 3.63) is 76.3 Å². The highest BCUT2D eigenvalue weighted by Crippen LogP contribution is 2.34. The number of thioether (sulfide) groups is 1. The van der Waals surface area contributed by atoms with Crippen LogP contribution in [0.1, 0.15) is 11.3 Å². The van der Waals surface area contributed by atoms with Gasteiger partial charge in [-0.25, -0.2) is 9.98 Å². The van der Waals surface area contributed by atoms with Gasteiger partial charge in [-0.2, -0.15) is 0 Å². The zero-order valence-corrected chi connectivity index (χ0v) is 15.2.